The Hall–Kier alpha value is -2.77. The van der Waals surface area contributed by atoms with Gasteiger partial charge in [0.15, 0.2) is 5.65 Å². The van der Waals surface area contributed by atoms with Crippen molar-refractivity contribution in [2.75, 3.05) is 37.7 Å². The summed E-state index contributed by atoms with van der Waals surface area (Å²) in [7, 11) is 0. The number of hydrogen-bond donors (Lipinski definition) is 0. The van der Waals surface area contributed by atoms with Crippen LogP contribution in [0.5, 0.6) is 0 Å². The van der Waals surface area contributed by atoms with Gasteiger partial charge < -0.3 is 14.5 Å². The number of esters is 1. The number of hydrogen-bond acceptors (Lipinski definition) is 7. The maximum Gasteiger partial charge on any atom is 0.309 e. The van der Waals surface area contributed by atoms with Crippen molar-refractivity contribution in [1.29, 1.82) is 0 Å². The molecule has 1 atom stereocenters. The predicted molar refractivity (Wildman–Crippen MR) is 118 cm³/mol. The normalized spacial score (nSPS) is 20.2. The molecule has 8 nitrogen and oxygen atoms in total. The molecule has 4 heterocycles. The Morgan fingerprint density at radius 1 is 1.06 bits per heavy atom. The minimum absolute atomic E-state index is 0.0329. The molecule has 2 aromatic heterocycles. The molecular formula is C23H31N5O3. The van der Waals surface area contributed by atoms with Crippen LogP contribution < -0.4 is 4.90 Å². The number of piperidine rings is 2. The first kappa shape index (κ1) is 21.5. The van der Waals surface area contributed by atoms with Gasteiger partial charge in [-0.05, 0) is 52.5 Å². The fraction of sp³-hybridized carbons (Fsp3) is 0.609. The zero-order valence-corrected chi connectivity index (χ0v) is 18.6. The van der Waals surface area contributed by atoms with Gasteiger partial charge in [-0.25, -0.2) is 15.0 Å². The van der Waals surface area contributed by atoms with Gasteiger partial charge in [-0.15, -0.1) is 0 Å². The van der Waals surface area contributed by atoms with Crippen LogP contribution in [0.25, 0.3) is 11.2 Å². The average Bonchev–Trinajstić information content (AvgIpc) is 2.79. The topological polar surface area (TPSA) is 88.5 Å². The highest BCUT2D eigenvalue weighted by Crippen LogP contribution is 2.27. The van der Waals surface area contributed by atoms with Gasteiger partial charge in [0.1, 0.15) is 5.52 Å². The first-order valence-electron chi connectivity index (χ1n) is 11.3. The molecular weight excluding hydrogens is 394 g/mol. The van der Waals surface area contributed by atoms with Crippen LogP contribution in [0.2, 0.25) is 0 Å². The number of aryl methyl sites for hydroxylation is 2. The summed E-state index contributed by atoms with van der Waals surface area (Å²) in [5.74, 6) is -0.0408. The van der Waals surface area contributed by atoms with Gasteiger partial charge in [0.05, 0.1) is 41.7 Å². The van der Waals surface area contributed by atoms with Crippen molar-refractivity contribution in [1.82, 2.24) is 19.9 Å². The van der Waals surface area contributed by atoms with Gasteiger partial charge >= 0.3 is 5.97 Å². The molecule has 2 saturated heterocycles. The minimum atomic E-state index is -0.129. The number of amides is 1. The first-order chi connectivity index (χ1) is 15.0. The van der Waals surface area contributed by atoms with Gasteiger partial charge in [-0.1, -0.05) is 0 Å². The number of pyridine rings is 1. The van der Waals surface area contributed by atoms with E-state index in [2.05, 4.69) is 19.9 Å². The smallest absolute Gasteiger partial charge is 0.309 e. The Kier molecular flexibility index (Phi) is 6.34. The van der Waals surface area contributed by atoms with E-state index in [1.807, 2.05) is 37.9 Å². The molecule has 0 radical (unpaired) electrons. The molecule has 2 fully saturated rings. The van der Waals surface area contributed by atoms with Crippen molar-refractivity contribution >= 4 is 28.7 Å². The summed E-state index contributed by atoms with van der Waals surface area (Å²) in [6, 6.07) is 2.03. The Morgan fingerprint density at radius 3 is 2.55 bits per heavy atom. The third kappa shape index (κ3) is 4.62. The molecule has 0 aromatic carbocycles. The van der Waals surface area contributed by atoms with E-state index in [1.165, 1.54) is 0 Å². The van der Waals surface area contributed by atoms with Gasteiger partial charge in [-0.2, -0.15) is 0 Å². The Morgan fingerprint density at radius 2 is 1.81 bits per heavy atom. The summed E-state index contributed by atoms with van der Waals surface area (Å²) < 4.78 is 5.14. The number of carbonyl (C=O) groups is 2. The number of nitrogens with zero attached hydrogens (tertiary/aromatic N) is 5. The summed E-state index contributed by atoms with van der Waals surface area (Å²) in [5.41, 5.74) is 4.23. The molecule has 2 aliphatic rings. The minimum Gasteiger partial charge on any atom is -0.466 e. The van der Waals surface area contributed by atoms with E-state index in [-0.39, 0.29) is 23.7 Å². The fourth-order valence-corrected chi connectivity index (χ4v) is 4.55. The predicted octanol–water partition coefficient (Wildman–Crippen LogP) is 2.66. The van der Waals surface area contributed by atoms with Crippen molar-refractivity contribution in [3.05, 3.63) is 23.7 Å². The van der Waals surface area contributed by atoms with Crippen molar-refractivity contribution in [3.63, 3.8) is 0 Å². The van der Waals surface area contributed by atoms with Crippen LogP contribution >= 0.6 is 0 Å². The van der Waals surface area contributed by atoms with E-state index in [4.69, 9.17) is 4.74 Å². The molecule has 2 aromatic rings. The second-order valence-electron chi connectivity index (χ2n) is 8.57. The summed E-state index contributed by atoms with van der Waals surface area (Å²) in [6.45, 7) is 8.97. The van der Waals surface area contributed by atoms with Crippen LogP contribution in [-0.2, 0) is 14.3 Å². The van der Waals surface area contributed by atoms with Crippen molar-refractivity contribution in [2.24, 2.45) is 11.8 Å². The second kappa shape index (κ2) is 9.16. The lowest BCUT2D eigenvalue weighted by atomic mass is 9.92. The van der Waals surface area contributed by atoms with Gasteiger partial charge in [0.25, 0.3) is 0 Å². The molecule has 2 aliphatic heterocycles. The molecule has 0 aliphatic carbocycles. The maximum atomic E-state index is 13.2. The molecule has 8 heteroatoms. The molecule has 166 valence electrons. The van der Waals surface area contributed by atoms with E-state index in [0.29, 0.717) is 44.7 Å². The number of likely N-dealkylation sites (tertiary alicyclic amines) is 1. The fourth-order valence-electron chi connectivity index (χ4n) is 4.55. The zero-order valence-electron chi connectivity index (χ0n) is 18.6. The number of aromatic nitrogens is 3. The van der Waals surface area contributed by atoms with Gasteiger partial charge in [0.2, 0.25) is 5.91 Å². The molecule has 0 N–H and O–H groups in total. The lowest BCUT2D eigenvalue weighted by molar-refractivity contribution is -0.151. The molecule has 1 amide bonds. The SMILES string of the molecule is CCOC(=O)C1CCN(C(=O)C2CCCN(c3cnc4nc(C)c(C)nc4c3)C2)CC1. The molecule has 31 heavy (non-hydrogen) atoms. The number of ether oxygens (including phenoxy) is 1. The lowest BCUT2D eigenvalue weighted by Gasteiger charge is -2.38. The zero-order chi connectivity index (χ0) is 22.0. The van der Waals surface area contributed by atoms with Crippen LogP contribution in [0.15, 0.2) is 12.3 Å². The Labute approximate surface area is 183 Å². The van der Waals surface area contributed by atoms with E-state index in [1.54, 1.807) is 0 Å². The summed E-state index contributed by atoms with van der Waals surface area (Å²) in [5, 5.41) is 0. The van der Waals surface area contributed by atoms with Crippen LogP contribution in [-0.4, -0.2) is 64.5 Å². The Balaban J connectivity index is 1.40. The van der Waals surface area contributed by atoms with E-state index < -0.39 is 0 Å². The Bertz CT molecular complexity index is 971. The van der Waals surface area contributed by atoms with E-state index >= 15 is 0 Å². The van der Waals surface area contributed by atoms with Crippen LogP contribution in [0, 0.1) is 25.7 Å². The highest BCUT2D eigenvalue weighted by atomic mass is 16.5. The number of anilines is 1. The quantitative estimate of drug-likeness (QED) is 0.696. The summed E-state index contributed by atoms with van der Waals surface area (Å²) in [6.07, 6.45) is 5.07. The average molecular weight is 426 g/mol. The summed E-state index contributed by atoms with van der Waals surface area (Å²) >= 11 is 0. The van der Waals surface area contributed by atoms with Crippen molar-refractivity contribution < 1.29 is 14.3 Å². The van der Waals surface area contributed by atoms with E-state index in [0.717, 1.165) is 42.0 Å². The van der Waals surface area contributed by atoms with Gasteiger partial charge in [-0.3, -0.25) is 9.59 Å². The van der Waals surface area contributed by atoms with Gasteiger partial charge in [0, 0.05) is 26.2 Å². The number of rotatable bonds is 4. The van der Waals surface area contributed by atoms with Crippen LogP contribution in [0.4, 0.5) is 5.69 Å². The van der Waals surface area contributed by atoms with E-state index in [9.17, 15) is 9.59 Å². The van der Waals surface area contributed by atoms with Crippen LogP contribution in [0.1, 0.15) is 44.0 Å². The highest BCUT2D eigenvalue weighted by Gasteiger charge is 2.33. The van der Waals surface area contributed by atoms with Crippen molar-refractivity contribution in [2.45, 2.75) is 46.5 Å². The maximum absolute atomic E-state index is 13.2. The van der Waals surface area contributed by atoms with Crippen molar-refractivity contribution in [3.8, 4) is 0 Å². The molecule has 0 saturated carbocycles. The third-order valence-electron chi connectivity index (χ3n) is 6.48. The van der Waals surface area contributed by atoms with Crippen LogP contribution in [0.3, 0.4) is 0 Å². The number of fused-ring (bicyclic) bond motifs is 1. The molecule has 1 unspecified atom stereocenters. The second-order valence-corrected chi connectivity index (χ2v) is 8.57. The summed E-state index contributed by atoms with van der Waals surface area (Å²) in [4.78, 5) is 42.9. The monoisotopic (exact) mass is 425 g/mol. The first-order valence-corrected chi connectivity index (χ1v) is 11.3. The highest BCUT2D eigenvalue weighted by molar-refractivity contribution is 5.81. The molecule has 0 spiro atoms. The molecule has 0 bridgehead atoms. The lowest BCUT2D eigenvalue weighted by Crippen LogP contribution is -2.48. The number of carbonyl (C=O) groups excluding carboxylic acids is 2. The standard InChI is InChI=1S/C23H31N5O3/c1-4-31-23(30)17-7-10-27(11-8-17)22(29)18-6-5-9-28(14-18)19-12-20-21(24-13-19)26-16(3)15(2)25-20/h12-13,17-18H,4-11,14H2,1-3H3. The largest absolute Gasteiger partial charge is 0.466 e. The third-order valence-corrected chi connectivity index (χ3v) is 6.48. The molecule has 4 rings (SSSR count).